The fourth-order valence-electron chi connectivity index (χ4n) is 1.16. The molecular weight excluding hydrogens is 180 g/mol. The first-order chi connectivity index (χ1) is 6.24. The van der Waals surface area contributed by atoms with E-state index in [1.165, 1.54) is 10.5 Å². The predicted molar refractivity (Wildman–Crippen MR) is 61.9 cm³/mol. The van der Waals surface area contributed by atoms with E-state index < -0.39 is 0 Å². The highest BCUT2D eigenvalue weighted by atomic mass is 32.2. The standard InChI is InChI=1S/C9H14OS.C2H6/c1-3-4-8-5-9(10)6-11-7(8)2;1-2/h3-4,9-10H,5-6H2,1-2H3;1-2H3/b4-3-;. The van der Waals surface area contributed by atoms with Gasteiger partial charge in [-0.05, 0) is 30.7 Å². The summed E-state index contributed by atoms with van der Waals surface area (Å²) in [7, 11) is 0. The maximum absolute atomic E-state index is 9.34. The van der Waals surface area contributed by atoms with Crippen LogP contribution in [0.15, 0.2) is 22.6 Å². The number of rotatable bonds is 1. The van der Waals surface area contributed by atoms with Gasteiger partial charge in [-0.25, -0.2) is 0 Å². The average molecular weight is 200 g/mol. The summed E-state index contributed by atoms with van der Waals surface area (Å²) in [5.41, 5.74) is 1.29. The number of aliphatic hydroxyl groups is 1. The van der Waals surface area contributed by atoms with Gasteiger partial charge in [-0.2, -0.15) is 0 Å². The zero-order valence-corrected chi connectivity index (χ0v) is 9.82. The highest BCUT2D eigenvalue weighted by molar-refractivity contribution is 8.03. The van der Waals surface area contributed by atoms with E-state index in [1.807, 2.05) is 26.8 Å². The van der Waals surface area contributed by atoms with Gasteiger partial charge in [0, 0.05) is 5.75 Å². The molecule has 1 N–H and O–H groups in total. The normalized spacial score (nSPS) is 23.0. The van der Waals surface area contributed by atoms with Gasteiger partial charge in [0.1, 0.15) is 0 Å². The summed E-state index contributed by atoms with van der Waals surface area (Å²) in [5.74, 6) is 0.854. The van der Waals surface area contributed by atoms with Crippen LogP contribution in [0.1, 0.15) is 34.1 Å². The zero-order valence-electron chi connectivity index (χ0n) is 9.00. The largest absolute Gasteiger partial charge is 0.392 e. The van der Waals surface area contributed by atoms with Crippen molar-refractivity contribution in [3.63, 3.8) is 0 Å². The molecule has 0 spiro atoms. The van der Waals surface area contributed by atoms with Gasteiger partial charge in [-0.3, -0.25) is 0 Å². The molecule has 0 aromatic heterocycles. The topological polar surface area (TPSA) is 20.2 Å². The van der Waals surface area contributed by atoms with Gasteiger partial charge >= 0.3 is 0 Å². The first kappa shape index (κ1) is 12.8. The van der Waals surface area contributed by atoms with E-state index in [0.29, 0.717) is 0 Å². The van der Waals surface area contributed by atoms with Crippen molar-refractivity contribution in [1.82, 2.24) is 0 Å². The van der Waals surface area contributed by atoms with Crippen LogP contribution in [0.3, 0.4) is 0 Å². The molecule has 0 aromatic rings. The van der Waals surface area contributed by atoms with Gasteiger partial charge in [0.15, 0.2) is 0 Å². The van der Waals surface area contributed by atoms with Crippen molar-refractivity contribution >= 4 is 11.8 Å². The van der Waals surface area contributed by atoms with Crippen molar-refractivity contribution in [3.8, 4) is 0 Å². The molecule has 0 saturated carbocycles. The number of allylic oxidation sites excluding steroid dienone is 3. The molecule has 1 rings (SSSR count). The van der Waals surface area contributed by atoms with Crippen LogP contribution in [0.2, 0.25) is 0 Å². The maximum atomic E-state index is 9.34. The lowest BCUT2D eigenvalue weighted by atomic mass is 10.1. The van der Waals surface area contributed by atoms with Gasteiger partial charge in [0.05, 0.1) is 6.10 Å². The molecule has 1 aliphatic rings. The molecule has 0 radical (unpaired) electrons. The molecule has 2 heteroatoms. The van der Waals surface area contributed by atoms with E-state index in [9.17, 15) is 5.11 Å². The summed E-state index contributed by atoms with van der Waals surface area (Å²) in [5, 5.41) is 9.34. The molecule has 0 saturated heterocycles. The molecule has 0 aromatic carbocycles. The van der Waals surface area contributed by atoms with Crippen molar-refractivity contribution in [2.24, 2.45) is 0 Å². The highest BCUT2D eigenvalue weighted by Gasteiger charge is 2.14. The Morgan fingerprint density at radius 3 is 2.62 bits per heavy atom. The van der Waals surface area contributed by atoms with Crippen LogP contribution >= 0.6 is 11.8 Å². The van der Waals surface area contributed by atoms with E-state index in [2.05, 4.69) is 13.0 Å². The van der Waals surface area contributed by atoms with Gasteiger partial charge in [-0.1, -0.05) is 26.0 Å². The molecule has 0 aliphatic carbocycles. The van der Waals surface area contributed by atoms with E-state index >= 15 is 0 Å². The molecule has 76 valence electrons. The Kier molecular flexibility index (Phi) is 7.10. The minimum Gasteiger partial charge on any atom is -0.392 e. The van der Waals surface area contributed by atoms with E-state index in [1.54, 1.807) is 11.8 Å². The Morgan fingerprint density at radius 1 is 1.46 bits per heavy atom. The van der Waals surface area contributed by atoms with Crippen LogP contribution in [0, 0.1) is 0 Å². The first-order valence-electron chi connectivity index (χ1n) is 4.87. The summed E-state index contributed by atoms with van der Waals surface area (Å²) >= 11 is 1.75. The second kappa shape index (κ2) is 7.22. The summed E-state index contributed by atoms with van der Waals surface area (Å²) in [6, 6.07) is 0. The zero-order chi connectivity index (χ0) is 10.3. The molecule has 1 aliphatic heterocycles. The molecule has 0 amide bonds. The number of hydrogen-bond acceptors (Lipinski definition) is 2. The second-order valence-corrected chi connectivity index (χ2v) is 3.98. The van der Waals surface area contributed by atoms with Gasteiger partial charge in [0.25, 0.3) is 0 Å². The summed E-state index contributed by atoms with van der Waals surface area (Å²) < 4.78 is 0. The molecule has 13 heavy (non-hydrogen) atoms. The second-order valence-electron chi connectivity index (χ2n) is 2.75. The first-order valence-corrected chi connectivity index (χ1v) is 5.86. The van der Waals surface area contributed by atoms with Crippen molar-refractivity contribution in [1.29, 1.82) is 0 Å². The molecule has 1 unspecified atom stereocenters. The maximum Gasteiger partial charge on any atom is 0.0674 e. The molecule has 0 bridgehead atoms. The monoisotopic (exact) mass is 200 g/mol. The number of hydrogen-bond donors (Lipinski definition) is 1. The third-order valence-corrected chi connectivity index (χ3v) is 3.01. The lowest BCUT2D eigenvalue weighted by molar-refractivity contribution is 0.199. The summed E-state index contributed by atoms with van der Waals surface area (Å²) in [6.07, 6.45) is 4.79. The summed E-state index contributed by atoms with van der Waals surface area (Å²) in [6.45, 7) is 8.12. The number of thioether (sulfide) groups is 1. The van der Waals surface area contributed by atoms with Crippen molar-refractivity contribution in [2.75, 3.05) is 5.75 Å². The van der Waals surface area contributed by atoms with Crippen molar-refractivity contribution in [3.05, 3.63) is 22.6 Å². The van der Waals surface area contributed by atoms with Crippen LogP contribution in [0.5, 0.6) is 0 Å². The van der Waals surface area contributed by atoms with Crippen LogP contribution in [0.25, 0.3) is 0 Å². The van der Waals surface area contributed by atoms with E-state index in [4.69, 9.17) is 0 Å². The van der Waals surface area contributed by atoms with Crippen molar-refractivity contribution < 1.29 is 5.11 Å². The Morgan fingerprint density at radius 2 is 2.08 bits per heavy atom. The van der Waals surface area contributed by atoms with Gasteiger partial charge in [-0.15, -0.1) is 11.8 Å². The molecular formula is C11H20OS. The van der Waals surface area contributed by atoms with Crippen LogP contribution in [-0.4, -0.2) is 17.0 Å². The molecule has 1 heterocycles. The van der Waals surface area contributed by atoms with Crippen LogP contribution < -0.4 is 0 Å². The molecule has 1 nitrogen and oxygen atoms in total. The minimum absolute atomic E-state index is 0.144. The smallest absolute Gasteiger partial charge is 0.0674 e. The Balaban J connectivity index is 0.000000671. The fourth-order valence-corrected chi connectivity index (χ4v) is 2.05. The Bertz CT molecular complexity index is 194. The third kappa shape index (κ3) is 4.53. The quantitative estimate of drug-likeness (QED) is 0.700. The predicted octanol–water partition coefficient (Wildman–Crippen LogP) is 3.36. The average Bonchev–Trinajstić information content (AvgIpc) is 2.15. The number of aliphatic hydroxyl groups excluding tert-OH is 1. The fraction of sp³-hybridized carbons (Fsp3) is 0.636. The Labute approximate surface area is 85.9 Å². The van der Waals surface area contributed by atoms with Crippen molar-refractivity contribution in [2.45, 2.75) is 40.2 Å². The molecule has 1 atom stereocenters. The molecule has 0 fully saturated rings. The summed E-state index contributed by atoms with van der Waals surface area (Å²) in [4.78, 5) is 1.36. The van der Waals surface area contributed by atoms with Gasteiger partial charge in [0.2, 0.25) is 0 Å². The van der Waals surface area contributed by atoms with E-state index in [0.717, 1.165) is 12.2 Å². The highest BCUT2D eigenvalue weighted by Crippen LogP contribution is 2.29. The van der Waals surface area contributed by atoms with Crippen LogP contribution in [0.4, 0.5) is 0 Å². The Hall–Kier alpha value is -0.210. The lowest BCUT2D eigenvalue weighted by Crippen LogP contribution is -2.14. The van der Waals surface area contributed by atoms with E-state index in [-0.39, 0.29) is 6.10 Å². The third-order valence-electron chi connectivity index (χ3n) is 1.77. The lowest BCUT2D eigenvalue weighted by Gasteiger charge is -2.19. The minimum atomic E-state index is -0.144. The van der Waals surface area contributed by atoms with Crippen LogP contribution in [-0.2, 0) is 0 Å². The van der Waals surface area contributed by atoms with Gasteiger partial charge < -0.3 is 5.11 Å². The SMILES string of the molecule is C/C=C\C1=C(C)SCC(O)C1.CC.